The van der Waals surface area contributed by atoms with Crippen LogP contribution >= 0.6 is 0 Å². The number of nitrogens with zero attached hydrogens (tertiary/aromatic N) is 3. The minimum absolute atomic E-state index is 0.0569. The molecule has 10 nitrogen and oxygen atoms in total. The zero-order valence-electron chi connectivity index (χ0n) is 22.8. The number of nitrogens with two attached hydrogens (primary N) is 2. The van der Waals surface area contributed by atoms with Crippen LogP contribution in [-0.4, -0.2) is 51.3 Å². The highest BCUT2D eigenvalue weighted by molar-refractivity contribution is 5.81. The van der Waals surface area contributed by atoms with Crippen LogP contribution in [0, 0.1) is 5.92 Å². The minimum atomic E-state index is -1.07. The molecule has 7 N–H and O–H groups in total. The Morgan fingerprint density at radius 3 is 2.36 bits per heavy atom. The van der Waals surface area contributed by atoms with Gasteiger partial charge in [-0.05, 0) is 54.7 Å². The predicted octanol–water partition coefficient (Wildman–Crippen LogP) is 4.28. The molecule has 0 saturated heterocycles. The van der Waals surface area contributed by atoms with Crippen LogP contribution in [0.5, 0.6) is 5.88 Å². The fraction of sp³-hybridized carbons (Fsp3) is 0.552. The molecule has 2 aromatic rings. The van der Waals surface area contributed by atoms with E-state index in [2.05, 4.69) is 15.0 Å². The molecule has 216 valence electrons. The first-order valence-corrected chi connectivity index (χ1v) is 13.9. The van der Waals surface area contributed by atoms with E-state index in [-0.39, 0.29) is 25.0 Å². The second kappa shape index (κ2) is 18.7. The molecule has 0 saturated carbocycles. The summed E-state index contributed by atoms with van der Waals surface area (Å²) in [7, 11) is 0. The summed E-state index contributed by atoms with van der Waals surface area (Å²) in [6.45, 7) is 0.330. The summed E-state index contributed by atoms with van der Waals surface area (Å²) in [6.07, 6.45) is 16.8. The first kappa shape index (κ1) is 31.7. The summed E-state index contributed by atoms with van der Waals surface area (Å²) in [4.78, 5) is 22.6. The number of rotatable bonds is 21. The van der Waals surface area contributed by atoms with Crippen molar-refractivity contribution < 1.29 is 20.1 Å². The summed E-state index contributed by atoms with van der Waals surface area (Å²) in [5.41, 5.74) is 12.6. The van der Waals surface area contributed by atoms with E-state index >= 15 is 0 Å². The van der Waals surface area contributed by atoms with Gasteiger partial charge in [0.05, 0.1) is 6.54 Å². The van der Waals surface area contributed by atoms with Crippen LogP contribution in [0.3, 0.4) is 0 Å². The van der Waals surface area contributed by atoms with Crippen molar-refractivity contribution in [2.75, 3.05) is 13.2 Å². The molecule has 0 amide bonds. The zero-order chi connectivity index (χ0) is 28.3. The van der Waals surface area contributed by atoms with Crippen molar-refractivity contribution >= 4 is 17.7 Å². The Kier molecular flexibility index (Phi) is 15.2. The highest BCUT2D eigenvalue weighted by atomic mass is 16.4. The van der Waals surface area contributed by atoms with Gasteiger partial charge in [-0.2, -0.15) is 0 Å². The van der Waals surface area contributed by atoms with E-state index in [0.29, 0.717) is 23.7 Å². The van der Waals surface area contributed by atoms with Crippen molar-refractivity contribution in [1.82, 2.24) is 9.97 Å². The molecule has 2 atom stereocenters. The van der Waals surface area contributed by atoms with Gasteiger partial charge < -0.3 is 37.1 Å². The molecule has 10 heteroatoms. The molecule has 0 aliphatic heterocycles. The van der Waals surface area contributed by atoms with Gasteiger partial charge in [-0.25, -0.2) is 9.79 Å². The monoisotopic (exact) mass is 540 g/mol. The van der Waals surface area contributed by atoms with Gasteiger partial charge >= 0.3 is 5.97 Å². The first-order valence-electron chi connectivity index (χ1n) is 13.9. The minimum Gasteiger partial charge on any atom is -0.859 e. The summed E-state index contributed by atoms with van der Waals surface area (Å²) >= 11 is 0. The summed E-state index contributed by atoms with van der Waals surface area (Å²) < 4.78 is 0. The van der Waals surface area contributed by atoms with Gasteiger partial charge in [-0.15, -0.1) is 0 Å². The number of H-pyrrole nitrogens is 1. The van der Waals surface area contributed by atoms with E-state index in [0.717, 1.165) is 56.6 Å². The number of pyridine rings is 1. The fourth-order valence-corrected chi connectivity index (χ4v) is 4.70. The van der Waals surface area contributed by atoms with E-state index in [1.165, 1.54) is 31.7 Å². The largest absolute Gasteiger partial charge is 0.859 e. The van der Waals surface area contributed by atoms with Crippen LogP contribution in [0.2, 0.25) is 0 Å². The Morgan fingerprint density at radius 1 is 1.05 bits per heavy atom. The van der Waals surface area contributed by atoms with Crippen LogP contribution in [0.1, 0.15) is 76.2 Å². The van der Waals surface area contributed by atoms with Gasteiger partial charge in [0, 0.05) is 18.9 Å². The van der Waals surface area contributed by atoms with Gasteiger partial charge in [-0.3, -0.25) is 4.98 Å². The number of carbonyl (C=O) groups is 1. The lowest BCUT2D eigenvalue weighted by Crippen LogP contribution is -2.24. The van der Waals surface area contributed by atoms with Crippen molar-refractivity contribution in [3.05, 3.63) is 59.2 Å². The number of aliphatic imine (C=N–C) groups is 1. The molecular formula is C29H44N6O4-2. The quantitative estimate of drug-likeness (QED) is 0.0675. The van der Waals surface area contributed by atoms with E-state index < -0.39 is 12.0 Å². The smallest absolute Gasteiger partial charge is 0.328 e. The Hall–Kier alpha value is -3.53. The molecule has 0 fully saturated rings. The van der Waals surface area contributed by atoms with E-state index in [1.807, 2.05) is 18.2 Å². The van der Waals surface area contributed by atoms with E-state index in [9.17, 15) is 15.0 Å². The number of aromatic nitrogens is 2. The molecule has 2 rings (SSSR count). The van der Waals surface area contributed by atoms with E-state index in [1.54, 1.807) is 12.4 Å². The van der Waals surface area contributed by atoms with Gasteiger partial charge in [0.15, 0.2) is 5.96 Å². The summed E-state index contributed by atoms with van der Waals surface area (Å²) in [5.74, 6) is -0.442. The molecule has 2 unspecified atom stereocenters. The maximum atomic E-state index is 11.6. The third-order valence-corrected chi connectivity index (χ3v) is 6.75. The highest BCUT2D eigenvalue weighted by Gasteiger charge is 2.17. The Morgan fingerprint density at radius 2 is 1.77 bits per heavy atom. The second-order valence-electron chi connectivity index (χ2n) is 9.99. The number of guanidine groups is 1. The molecule has 0 aliphatic rings. The zero-order valence-corrected chi connectivity index (χ0v) is 22.8. The van der Waals surface area contributed by atoms with Crippen LogP contribution in [0.15, 0.2) is 53.3 Å². The number of carboxylic acid groups (broad SMARTS) is 1. The number of aliphatic hydroxyl groups is 1. The average Bonchev–Trinajstić information content (AvgIpc) is 3.42. The van der Waals surface area contributed by atoms with Crippen LogP contribution in [-0.2, 0) is 11.2 Å². The standard InChI is InChI=1S/C29H45N6O4/c30-29(31)34-21-24(19-28(38)39)25(35-26-11-9-16-32-26)14-12-22(18-23-13-15-27(37)33-20-23)10-7-5-3-1-2-4-6-8-17-36/h9,11,13,15-16,19-20,22,25,32,36H,1-8,10,12,14,17-18,21H2,(H,33,37)(H,38,39)(H4,30,31,34)/q-1/p-1. The van der Waals surface area contributed by atoms with Gasteiger partial charge in [0.25, 0.3) is 0 Å². The number of carboxylic acids is 1. The molecule has 0 aliphatic carbocycles. The van der Waals surface area contributed by atoms with Crippen molar-refractivity contribution in [1.29, 1.82) is 0 Å². The molecule has 0 spiro atoms. The SMILES string of the molecule is NC(N)=NCC(=CC(=O)O)C(CCC(CCCCCCCCCCO)Cc1ccc([O-])nc1)[N-]c1ccc[nH]1. The van der Waals surface area contributed by atoms with Crippen molar-refractivity contribution in [3.63, 3.8) is 0 Å². The fourth-order valence-electron chi connectivity index (χ4n) is 4.70. The van der Waals surface area contributed by atoms with Gasteiger partial charge in [-0.1, -0.05) is 87.6 Å². The molecule has 2 aromatic heterocycles. The topological polar surface area (TPSA) is 188 Å². The third kappa shape index (κ3) is 14.3. The number of hydrogen-bond acceptors (Lipinski definition) is 5. The van der Waals surface area contributed by atoms with Crippen LogP contribution in [0.25, 0.3) is 5.32 Å². The second-order valence-corrected chi connectivity index (χ2v) is 9.99. The molecule has 0 aromatic carbocycles. The number of aliphatic hydroxyl groups excluding tert-OH is 1. The maximum Gasteiger partial charge on any atom is 0.328 e. The Balaban J connectivity index is 2.05. The number of aromatic amines is 1. The van der Waals surface area contributed by atoms with Crippen LogP contribution in [0.4, 0.5) is 5.82 Å². The van der Waals surface area contributed by atoms with Gasteiger partial charge in [0.2, 0.25) is 0 Å². The Bertz CT molecular complexity index is 988. The number of aliphatic carboxylic acids is 1. The summed E-state index contributed by atoms with van der Waals surface area (Å²) in [5, 5.41) is 34.6. The Labute approximate surface area is 231 Å². The third-order valence-electron chi connectivity index (χ3n) is 6.75. The van der Waals surface area contributed by atoms with Crippen molar-refractivity contribution in [2.45, 2.75) is 83.1 Å². The van der Waals surface area contributed by atoms with Crippen molar-refractivity contribution in [2.24, 2.45) is 22.4 Å². The average molecular weight is 541 g/mol. The lowest BCUT2D eigenvalue weighted by atomic mass is 9.87. The number of hydrogen-bond donors (Lipinski definition) is 5. The van der Waals surface area contributed by atoms with Gasteiger partial charge in [0.1, 0.15) is 0 Å². The molecule has 0 bridgehead atoms. The number of unbranched alkanes of at least 4 members (excludes halogenated alkanes) is 7. The van der Waals surface area contributed by atoms with Crippen molar-refractivity contribution in [3.8, 4) is 5.88 Å². The molecule has 0 radical (unpaired) electrons. The maximum absolute atomic E-state index is 11.6. The molecule has 2 heterocycles. The molecular weight excluding hydrogens is 496 g/mol. The highest BCUT2D eigenvalue weighted by Crippen LogP contribution is 2.30. The normalized spacial score (nSPS) is 13.1. The lowest BCUT2D eigenvalue weighted by molar-refractivity contribution is -0.275. The first-order chi connectivity index (χ1) is 18.9. The summed E-state index contributed by atoms with van der Waals surface area (Å²) in [6, 6.07) is 6.60. The lowest BCUT2D eigenvalue weighted by Gasteiger charge is -2.29. The predicted molar refractivity (Wildman–Crippen MR) is 153 cm³/mol. The number of nitrogens with one attached hydrogen (secondary N) is 1. The molecule has 39 heavy (non-hydrogen) atoms. The van der Waals surface area contributed by atoms with Crippen LogP contribution < -0.4 is 16.6 Å². The van der Waals surface area contributed by atoms with E-state index in [4.69, 9.17) is 21.9 Å².